The molecule has 4 unspecified atom stereocenters. The molecule has 224 valence electrons. The molecule has 0 saturated carbocycles. The molecular formula is C27H54N2O6Si4. The summed E-state index contributed by atoms with van der Waals surface area (Å²) in [6.07, 6.45) is 0.221. The Morgan fingerprint density at radius 2 is 1.31 bits per heavy atom. The van der Waals surface area contributed by atoms with Gasteiger partial charge in [0.1, 0.15) is 6.61 Å². The topological polar surface area (TPSA) is 87.6 Å². The number of oxime groups is 1. The Morgan fingerprint density at radius 1 is 0.795 bits per heavy atom. The number of nitrogens with zero attached hydrogens (tertiary/aromatic N) is 1. The third-order valence-electron chi connectivity index (χ3n) is 4.95. The number of amides is 1. The summed E-state index contributed by atoms with van der Waals surface area (Å²) in [6, 6.07) is 9.24. The fourth-order valence-electron chi connectivity index (χ4n) is 3.73. The predicted molar refractivity (Wildman–Crippen MR) is 171 cm³/mol. The van der Waals surface area contributed by atoms with Gasteiger partial charge in [-0.05, 0) is 84.1 Å². The van der Waals surface area contributed by atoms with Gasteiger partial charge in [0, 0.05) is 6.92 Å². The van der Waals surface area contributed by atoms with Gasteiger partial charge in [0.05, 0.1) is 37.2 Å². The second-order valence-corrected chi connectivity index (χ2v) is 31.7. The number of nitrogens with one attached hydrogen (secondary N) is 1. The summed E-state index contributed by atoms with van der Waals surface area (Å²) < 4.78 is 26.8. The summed E-state index contributed by atoms with van der Waals surface area (Å²) in [5.41, 5.74) is 1.01. The molecule has 0 heterocycles. The molecule has 39 heavy (non-hydrogen) atoms. The van der Waals surface area contributed by atoms with E-state index in [2.05, 4.69) is 89.0 Å². The average molecular weight is 615 g/mol. The lowest BCUT2D eigenvalue weighted by atomic mass is 10.0. The second kappa shape index (κ2) is 15.2. The lowest BCUT2D eigenvalue weighted by Crippen LogP contribution is -2.61. The maximum absolute atomic E-state index is 12.4. The molecule has 0 bridgehead atoms. The van der Waals surface area contributed by atoms with Gasteiger partial charge in [0.25, 0.3) is 0 Å². The number of benzene rings is 1. The van der Waals surface area contributed by atoms with Crippen LogP contribution in [0, 0.1) is 0 Å². The van der Waals surface area contributed by atoms with E-state index in [0.717, 1.165) is 5.56 Å². The Bertz CT molecular complexity index is 893. The zero-order chi connectivity index (χ0) is 30.1. The molecule has 0 aromatic heterocycles. The van der Waals surface area contributed by atoms with Gasteiger partial charge in [0.2, 0.25) is 5.91 Å². The number of carbonyl (C=O) groups excluding carboxylic acids is 1. The van der Waals surface area contributed by atoms with Crippen molar-refractivity contribution in [2.45, 2.75) is 116 Å². The van der Waals surface area contributed by atoms with Crippen LogP contribution in [0.4, 0.5) is 0 Å². The molecular weight excluding hydrogens is 561 g/mol. The molecule has 8 nitrogen and oxygen atoms in total. The summed E-state index contributed by atoms with van der Waals surface area (Å²) >= 11 is 0. The normalized spacial score (nSPS) is 16.5. The van der Waals surface area contributed by atoms with Gasteiger partial charge < -0.3 is 27.9 Å². The first kappa shape index (κ1) is 35.9. The Labute approximate surface area is 241 Å². The van der Waals surface area contributed by atoms with Crippen LogP contribution in [0.1, 0.15) is 12.5 Å². The molecule has 0 saturated heterocycles. The summed E-state index contributed by atoms with van der Waals surface area (Å²) in [7, 11) is -8.10. The van der Waals surface area contributed by atoms with Crippen molar-refractivity contribution < 1.29 is 27.3 Å². The zero-order valence-electron chi connectivity index (χ0n) is 26.6. The molecule has 0 fully saturated rings. The Hall–Kier alpha value is -1.13. The molecule has 1 amide bonds. The van der Waals surface area contributed by atoms with E-state index >= 15 is 0 Å². The number of rotatable bonds is 17. The third-order valence-corrected chi connectivity index (χ3v) is 8.95. The molecule has 1 N–H and O–H groups in total. The van der Waals surface area contributed by atoms with Crippen LogP contribution in [0.5, 0.6) is 0 Å². The Balaban J connectivity index is 3.53. The van der Waals surface area contributed by atoms with Gasteiger partial charge in [0.15, 0.2) is 33.3 Å². The Morgan fingerprint density at radius 3 is 1.77 bits per heavy atom. The number of hydrogen-bond acceptors (Lipinski definition) is 7. The van der Waals surface area contributed by atoms with Crippen molar-refractivity contribution in [1.82, 2.24) is 5.32 Å². The van der Waals surface area contributed by atoms with Crippen molar-refractivity contribution in [2.24, 2.45) is 5.16 Å². The van der Waals surface area contributed by atoms with Crippen molar-refractivity contribution >= 4 is 45.4 Å². The van der Waals surface area contributed by atoms with Crippen LogP contribution >= 0.6 is 0 Å². The van der Waals surface area contributed by atoms with Crippen molar-refractivity contribution in [1.29, 1.82) is 0 Å². The number of carbonyl (C=O) groups is 1. The first-order valence-corrected chi connectivity index (χ1v) is 27.4. The molecule has 1 aromatic carbocycles. The molecule has 4 atom stereocenters. The van der Waals surface area contributed by atoms with E-state index in [4.69, 9.17) is 22.5 Å². The van der Waals surface area contributed by atoms with Crippen molar-refractivity contribution in [3.63, 3.8) is 0 Å². The van der Waals surface area contributed by atoms with Crippen LogP contribution < -0.4 is 5.32 Å². The molecule has 1 aromatic rings. The minimum absolute atomic E-state index is 0.188. The first-order chi connectivity index (χ1) is 17.7. The van der Waals surface area contributed by atoms with Crippen LogP contribution in [-0.4, -0.2) is 76.4 Å². The fraction of sp³-hybridized carbons (Fsp3) is 0.704. The average Bonchev–Trinajstić information content (AvgIpc) is 2.73. The predicted octanol–water partition coefficient (Wildman–Crippen LogP) is 6.21. The highest BCUT2D eigenvalue weighted by atomic mass is 28.4. The van der Waals surface area contributed by atoms with Crippen molar-refractivity contribution in [2.75, 3.05) is 6.61 Å². The van der Waals surface area contributed by atoms with Gasteiger partial charge in [-0.15, -0.1) is 0 Å². The van der Waals surface area contributed by atoms with E-state index in [-0.39, 0.29) is 12.0 Å². The van der Waals surface area contributed by atoms with E-state index in [9.17, 15) is 4.79 Å². The molecule has 0 spiro atoms. The van der Waals surface area contributed by atoms with Gasteiger partial charge in [-0.2, -0.15) is 0 Å². The van der Waals surface area contributed by atoms with Crippen molar-refractivity contribution in [3.05, 3.63) is 35.9 Å². The quantitative estimate of drug-likeness (QED) is 0.128. The summed E-state index contributed by atoms with van der Waals surface area (Å²) in [6.45, 7) is 28.1. The Kier molecular flexibility index (Phi) is 14.0. The molecule has 0 radical (unpaired) electrons. The van der Waals surface area contributed by atoms with Gasteiger partial charge in [-0.1, -0.05) is 35.5 Å². The summed E-state index contributed by atoms with van der Waals surface area (Å²) in [4.78, 5) is 18.0. The minimum atomic E-state index is -2.13. The molecule has 0 aliphatic heterocycles. The van der Waals surface area contributed by atoms with Crippen LogP contribution in [0.15, 0.2) is 35.5 Å². The summed E-state index contributed by atoms with van der Waals surface area (Å²) in [5.74, 6) is -0.188. The number of hydrogen-bond donors (Lipinski definition) is 1. The van der Waals surface area contributed by atoms with Gasteiger partial charge in [-0.3, -0.25) is 4.79 Å². The van der Waals surface area contributed by atoms with Crippen molar-refractivity contribution in [3.8, 4) is 0 Å². The lowest BCUT2D eigenvalue weighted by molar-refractivity contribution is -0.120. The maximum atomic E-state index is 12.4. The van der Waals surface area contributed by atoms with E-state index in [1.165, 1.54) is 6.92 Å². The van der Waals surface area contributed by atoms with Gasteiger partial charge >= 0.3 is 0 Å². The molecule has 0 aliphatic rings. The van der Waals surface area contributed by atoms with Crippen LogP contribution in [0.25, 0.3) is 0 Å². The zero-order valence-corrected chi connectivity index (χ0v) is 30.6. The second-order valence-electron chi connectivity index (χ2n) is 13.8. The summed E-state index contributed by atoms with van der Waals surface area (Å²) in [5, 5.41) is 7.31. The minimum Gasteiger partial charge on any atom is -0.415 e. The van der Waals surface area contributed by atoms with E-state index in [1.807, 2.05) is 30.3 Å². The van der Waals surface area contributed by atoms with Crippen LogP contribution in [-0.2, 0) is 33.9 Å². The lowest BCUT2D eigenvalue weighted by Gasteiger charge is -2.44. The van der Waals surface area contributed by atoms with E-state index in [0.29, 0.717) is 13.2 Å². The highest BCUT2D eigenvalue weighted by Gasteiger charge is 2.43. The largest absolute Gasteiger partial charge is 0.415 e. The fourth-order valence-corrected chi connectivity index (χ4v) is 7.71. The monoisotopic (exact) mass is 614 g/mol. The van der Waals surface area contributed by atoms with Gasteiger partial charge in [-0.25, -0.2) is 0 Å². The highest BCUT2D eigenvalue weighted by molar-refractivity contribution is 6.71. The first-order valence-electron chi connectivity index (χ1n) is 13.8. The molecule has 0 aliphatic carbocycles. The standard InChI is InChI=1S/C27H54N2O6Si4/c1-22(30)29-24(19-28-31-20-23-17-15-14-16-18-23)26(34-38(8,9)10)27(35-39(11,12)13)25(33-37(5,6)7)21-32-36(2,3)4/h14-19,24-27H,20-21H2,1-13H3,(H,29,30)/b28-19+. The maximum Gasteiger partial charge on any atom is 0.217 e. The molecule has 12 heteroatoms. The van der Waals surface area contributed by atoms with Crippen LogP contribution in [0.3, 0.4) is 0 Å². The smallest absolute Gasteiger partial charge is 0.217 e. The third kappa shape index (κ3) is 17.3. The van der Waals surface area contributed by atoms with E-state index < -0.39 is 51.5 Å². The SMILES string of the molecule is CC(=O)NC(/C=N/OCc1ccccc1)C(O[Si](C)(C)C)C(O[Si](C)(C)C)C(CO[Si](C)(C)C)O[Si](C)(C)C. The highest BCUT2D eigenvalue weighted by Crippen LogP contribution is 2.26. The van der Waals surface area contributed by atoms with Crippen LogP contribution in [0.2, 0.25) is 78.6 Å². The van der Waals surface area contributed by atoms with E-state index in [1.54, 1.807) is 6.21 Å². The molecule has 1 rings (SSSR count).